The molecule has 1 heteroatoms. The molecule has 1 aliphatic carbocycles. The predicted octanol–water partition coefficient (Wildman–Crippen LogP) is 2.97. The summed E-state index contributed by atoms with van der Waals surface area (Å²) in [5, 5.41) is 0. The van der Waals surface area contributed by atoms with Gasteiger partial charge in [0.15, 0.2) is 0 Å². The van der Waals surface area contributed by atoms with E-state index in [9.17, 15) is 0 Å². The molecule has 1 aliphatic rings. The van der Waals surface area contributed by atoms with Crippen LogP contribution in [0.4, 0.5) is 0 Å². The van der Waals surface area contributed by atoms with Gasteiger partial charge in [0.05, 0.1) is 0 Å². The summed E-state index contributed by atoms with van der Waals surface area (Å²) < 4.78 is 0. The second kappa shape index (κ2) is 5.59. The maximum absolute atomic E-state index is 2.41. The Bertz CT molecular complexity index is 641. The zero-order valence-corrected chi connectivity index (χ0v) is 15.2. The van der Waals surface area contributed by atoms with Crippen LogP contribution in [-0.4, -0.2) is 0 Å². The molecular weight excluding hydrogens is 259 g/mol. The molecule has 0 amide bonds. The van der Waals surface area contributed by atoms with Crippen molar-refractivity contribution in [1.82, 2.24) is 0 Å². The topological polar surface area (TPSA) is 0 Å². The Labute approximate surface area is 149 Å². The Morgan fingerprint density at radius 1 is 0.682 bits per heavy atom. The van der Waals surface area contributed by atoms with E-state index in [0.29, 0.717) is 0 Å². The summed E-state index contributed by atoms with van der Waals surface area (Å²) in [6, 6.07) is 14.0. The van der Waals surface area contributed by atoms with Gasteiger partial charge >= 0.3 is 18.9 Å². The van der Waals surface area contributed by atoms with Gasteiger partial charge in [-0.05, 0) is 50.6 Å². The fourth-order valence-corrected chi connectivity index (χ4v) is 3.14. The molecule has 0 N–H and O–H groups in total. The molecule has 0 fully saturated rings. The zero-order valence-electron chi connectivity index (χ0n) is 16.2. The van der Waals surface area contributed by atoms with Gasteiger partial charge in [-0.15, -0.1) is 0 Å². The SMILES string of the molecule is CC(C)(C)c1ccc2c(c1)Cc1cc(C(C)(C)C)ccc1-2.[H-].[Li+]. The average Bonchev–Trinajstić information content (AvgIpc) is 2.73. The van der Waals surface area contributed by atoms with Crippen molar-refractivity contribution < 1.29 is 20.3 Å². The molecular formula is C21H27Li. The first-order chi connectivity index (χ1) is 9.66. The minimum Gasteiger partial charge on any atom is -1.00 e. The molecule has 3 rings (SSSR count). The molecule has 0 bridgehead atoms. The van der Waals surface area contributed by atoms with E-state index in [1.807, 2.05) is 0 Å². The van der Waals surface area contributed by atoms with Crippen LogP contribution in [0.3, 0.4) is 0 Å². The predicted molar refractivity (Wildman–Crippen MR) is 93.2 cm³/mol. The van der Waals surface area contributed by atoms with Gasteiger partial charge < -0.3 is 1.43 Å². The number of hydrogen-bond donors (Lipinski definition) is 0. The smallest absolute Gasteiger partial charge is 1.00 e. The zero-order chi connectivity index (χ0) is 15.4. The molecule has 0 saturated heterocycles. The molecule has 22 heavy (non-hydrogen) atoms. The van der Waals surface area contributed by atoms with E-state index in [4.69, 9.17) is 0 Å². The number of fused-ring (bicyclic) bond motifs is 3. The van der Waals surface area contributed by atoms with Crippen molar-refractivity contribution in [2.75, 3.05) is 0 Å². The van der Waals surface area contributed by atoms with E-state index in [2.05, 4.69) is 77.9 Å². The largest absolute Gasteiger partial charge is 1.00 e. The Balaban J connectivity index is 0.00000132. The molecule has 2 aromatic carbocycles. The second-order valence-corrected chi connectivity index (χ2v) is 8.42. The van der Waals surface area contributed by atoms with Crippen molar-refractivity contribution in [3.05, 3.63) is 58.7 Å². The number of hydrogen-bond acceptors (Lipinski definition) is 0. The Hall–Kier alpha value is -0.963. The van der Waals surface area contributed by atoms with Crippen molar-refractivity contribution in [2.45, 2.75) is 58.8 Å². The van der Waals surface area contributed by atoms with Gasteiger partial charge in [-0.25, -0.2) is 0 Å². The van der Waals surface area contributed by atoms with Crippen molar-refractivity contribution in [2.24, 2.45) is 0 Å². The Morgan fingerprint density at radius 2 is 1.05 bits per heavy atom. The molecule has 0 heterocycles. The van der Waals surface area contributed by atoms with Crippen LogP contribution in [0.5, 0.6) is 0 Å². The van der Waals surface area contributed by atoms with Gasteiger partial charge in [0, 0.05) is 0 Å². The van der Waals surface area contributed by atoms with Crippen LogP contribution in [0.2, 0.25) is 0 Å². The third-order valence-corrected chi connectivity index (χ3v) is 4.61. The van der Waals surface area contributed by atoms with Crippen molar-refractivity contribution in [3.63, 3.8) is 0 Å². The van der Waals surface area contributed by atoms with Gasteiger partial charge in [-0.2, -0.15) is 0 Å². The molecule has 0 saturated carbocycles. The minimum atomic E-state index is 0. The summed E-state index contributed by atoms with van der Waals surface area (Å²) in [7, 11) is 0. The molecule has 2 aromatic rings. The quantitative estimate of drug-likeness (QED) is 0.557. The normalized spacial score (nSPS) is 13.4. The summed E-state index contributed by atoms with van der Waals surface area (Å²) >= 11 is 0. The monoisotopic (exact) mass is 286 g/mol. The molecule has 0 atom stereocenters. The maximum Gasteiger partial charge on any atom is 1.00 e. The first kappa shape index (κ1) is 17.4. The van der Waals surface area contributed by atoms with Crippen molar-refractivity contribution >= 4 is 0 Å². The number of rotatable bonds is 0. The summed E-state index contributed by atoms with van der Waals surface area (Å²) in [4.78, 5) is 0. The van der Waals surface area contributed by atoms with Gasteiger partial charge in [-0.3, -0.25) is 0 Å². The summed E-state index contributed by atoms with van der Waals surface area (Å²) in [6.07, 6.45) is 1.08. The molecule has 0 nitrogen and oxygen atoms in total. The number of benzene rings is 2. The average molecular weight is 286 g/mol. The van der Waals surface area contributed by atoms with E-state index in [-0.39, 0.29) is 31.1 Å². The van der Waals surface area contributed by atoms with E-state index in [1.54, 1.807) is 0 Å². The van der Waals surface area contributed by atoms with Crippen LogP contribution in [0, 0.1) is 0 Å². The first-order valence-corrected chi connectivity index (χ1v) is 7.93. The molecule has 0 unspecified atom stereocenters. The van der Waals surface area contributed by atoms with E-state index in [1.165, 1.54) is 33.4 Å². The van der Waals surface area contributed by atoms with Gasteiger partial charge in [0.25, 0.3) is 0 Å². The van der Waals surface area contributed by atoms with E-state index in [0.717, 1.165) is 6.42 Å². The maximum atomic E-state index is 2.41. The second-order valence-electron chi connectivity index (χ2n) is 8.42. The standard InChI is InChI=1S/C21H26.Li.H/c1-20(2,3)16-7-9-18-14(12-16)11-15-13-17(21(4,5)6)8-10-19(15)18;;/h7-10,12-13H,11H2,1-6H3;;/q;+1;-1. The molecule has 0 spiro atoms. The summed E-state index contributed by atoms with van der Waals surface area (Å²) in [5.41, 5.74) is 9.15. The molecule has 0 aromatic heterocycles. The molecule has 112 valence electrons. The fourth-order valence-electron chi connectivity index (χ4n) is 3.14. The summed E-state index contributed by atoms with van der Waals surface area (Å²) in [5.74, 6) is 0. The van der Waals surface area contributed by atoms with Gasteiger partial charge in [-0.1, -0.05) is 77.9 Å². The van der Waals surface area contributed by atoms with Crippen molar-refractivity contribution in [1.29, 1.82) is 0 Å². The Kier molecular flexibility index (Phi) is 4.42. The first-order valence-electron chi connectivity index (χ1n) is 7.93. The van der Waals surface area contributed by atoms with Crippen LogP contribution in [-0.2, 0) is 17.3 Å². The van der Waals surface area contributed by atoms with E-state index < -0.39 is 0 Å². The van der Waals surface area contributed by atoms with Crippen LogP contribution in [0.25, 0.3) is 11.1 Å². The van der Waals surface area contributed by atoms with E-state index >= 15 is 0 Å². The van der Waals surface area contributed by atoms with Crippen molar-refractivity contribution in [3.8, 4) is 11.1 Å². The molecule has 0 aliphatic heterocycles. The summed E-state index contributed by atoms with van der Waals surface area (Å²) in [6.45, 7) is 13.7. The van der Waals surface area contributed by atoms with Crippen LogP contribution < -0.4 is 18.9 Å². The van der Waals surface area contributed by atoms with Crippen LogP contribution in [0.15, 0.2) is 36.4 Å². The third kappa shape index (κ3) is 3.05. The minimum absolute atomic E-state index is 0. The van der Waals surface area contributed by atoms with Crippen LogP contribution in [0.1, 0.15) is 65.2 Å². The fraction of sp³-hybridized carbons (Fsp3) is 0.429. The van der Waals surface area contributed by atoms with Gasteiger partial charge in [0.2, 0.25) is 0 Å². The van der Waals surface area contributed by atoms with Gasteiger partial charge in [0.1, 0.15) is 0 Å². The third-order valence-electron chi connectivity index (χ3n) is 4.61. The van der Waals surface area contributed by atoms with Crippen LogP contribution >= 0.6 is 0 Å². The Morgan fingerprint density at radius 3 is 1.36 bits per heavy atom. The molecule has 0 radical (unpaired) electrons.